The fourth-order valence-electron chi connectivity index (χ4n) is 2.38. The zero-order valence-electron chi connectivity index (χ0n) is 13.5. The molecule has 0 N–H and O–H groups in total. The lowest BCUT2D eigenvalue weighted by Gasteiger charge is -1.99. The second-order valence-electron chi connectivity index (χ2n) is 5.48. The quantitative estimate of drug-likeness (QED) is 0.481. The SMILES string of the molecule is CCCCCCCCCCC#Cc1cccc(C#N)c1C#N. The van der Waals surface area contributed by atoms with Crippen LogP contribution in [-0.4, -0.2) is 0 Å². The number of unbranched alkanes of at least 4 members (excludes halogenated alkanes) is 8. The Morgan fingerprint density at radius 1 is 0.818 bits per heavy atom. The first kappa shape index (κ1) is 17.8. The van der Waals surface area contributed by atoms with Crippen LogP contribution in [0.3, 0.4) is 0 Å². The zero-order chi connectivity index (χ0) is 16.0. The molecule has 0 radical (unpaired) electrons. The van der Waals surface area contributed by atoms with Crippen LogP contribution in [0.25, 0.3) is 0 Å². The Morgan fingerprint density at radius 2 is 1.45 bits per heavy atom. The van der Waals surface area contributed by atoms with Crippen LogP contribution in [0.15, 0.2) is 18.2 Å². The molecule has 2 nitrogen and oxygen atoms in total. The molecule has 0 spiro atoms. The van der Waals surface area contributed by atoms with E-state index in [1.165, 1.54) is 44.9 Å². The Labute approximate surface area is 134 Å². The van der Waals surface area contributed by atoms with Crippen molar-refractivity contribution >= 4 is 0 Å². The van der Waals surface area contributed by atoms with Crippen molar-refractivity contribution in [2.45, 2.75) is 64.7 Å². The van der Waals surface area contributed by atoms with Crippen LogP contribution in [0.1, 0.15) is 81.4 Å². The largest absolute Gasteiger partial charge is 0.192 e. The highest BCUT2D eigenvalue weighted by molar-refractivity contribution is 5.56. The summed E-state index contributed by atoms with van der Waals surface area (Å²) in [7, 11) is 0. The molecule has 0 aromatic heterocycles. The minimum absolute atomic E-state index is 0.397. The van der Waals surface area contributed by atoms with E-state index in [0.29, 0.717) is 16.7 Å². The molecule has 0 unspecified atom stereocenters. The number of hydrogen-bond acceptors (Lipinski definition) is 2. The Kier molecular flexibility index (Phi) is 9.25. The molecule has 0 saturated carbocycles. The summed E-state index contributed by atoms with van der Waals surface area (Å²) < 4.78 is 0. The Hall–Kier alpha value is -2.24. The van der Waals surface area contributed by atoms with Crippen molar-refractivity contribution in [1.29, 1.82) is 10.5 Å². The van der Waals surface area contributed by atoms with Crippen molar-refractivity contribution in [2.75, 3.05) is 0 Å². The number of nitrogens with zero attached hydrogens (tertiary/aromatic N) is 2. The normalized spacial score (nSPS) is 9.41. The topological polar surface area (TPSA) is 47.6 Å². The van der Waals surface area contributed by atoms with Crippen molar-refractivity contribution < 1.29 is 0 Å². The van der Waals surface area contributed by atoms with E-state index in [4.69, 9.17) is 10.5 Å². The second kappa shape index (κ2) is 11.4. The summed E-state index contributed by atoms with van der Waals surface area (Å²) in [4.78, 5) is 0. The third-order valence-corrected chi connectivity index (χ3v) is 3.68. The van der Waals surface area contributed by atoms with Gasteiger partial charge in [0, 0.05) is 12.0 Å². The fraction of sp³-hybridized carbons (Fsp3) is 0.500. The molecule has 2 heteroatoms. The summed E-state index contributed by atoms with van der Waals surface area (Å²) in [6.45, 7) is 2.24. The minimum atomic E-state index is 0.397. The molecule has 0 amide bonds. The Bertz CT molecular complexity index is 591. The van der Waals surface area contributed by atoms with E-state index in [1.54, 1.807) is 18.2 Å². The van der Waals surface area contributed by atoms with Crippen LogP contribution in [0, 0.1) is 34.5 Å². The summed E-state index contributed by atoms with van der Waals surface area (Å²) in [5, 5.41) is 18.1. The van der Waals surface area contributed by atoms with E-state index in [2.05, 4.69) is 24.8 Å². The van der Waals surface area contributed by atoms with Gasteiger partial charge in [-0.25, -0.2) is 0 Å². The van der Waals surface area contributed by atoms with Gasteiger partial charge < -0.3 is 0 Å². The van der Waals surface area contributed by atoms with Gasteiger partial charge in [-0.3, -0.25) is 0 Å². The summed E-state index contributed by atoms with van der Waals surface area (Å²) in [5.41, 5.74) is 1.47. The molecule has 0 heterocycles. The van der Waals surface area contributed by atoms with E-state index in [-0.39, 0.29) is 0 Å². The summed E-state index contributed by atoms with van der Waals surface area (Å²) in [6, 6.07) is 9.35. The van der Waals surface area contributed by atoms with Gasteiger partial charge in [0.05, 0.1) is 11.1 Å². The van der Waals surface area contributed by atoms with Gasteiger partial charge in [0.2, 0.25) is 0 Å². The molecule has 0 saturated heterocycles. The lowest BCUT2D eigenvalue weighted by Crippen LogP contribution is -1.88. The van der Waals surface area contributed by atoms with Crippen molar-refractivity contribution in [3.63, 3.8) is 0 Å². The predicted octanol–water partition coefficient (Wildman–Crippen LogP) is 5.31. The third-order valence-electron chi connectivity index (χ3n) is 3.68. The molecule has 114 valence electrons. The molecule has 22 heavy (non-hydrogen) atoms. The van der Waals surface area contributed by atoms with Crippen LogP contribution >= 0.6 is 0 Å². The summed E-state index contributed by atoms with van der Waals surface area (Å²) in [6.07, 6.45) is 11.2. The molecule has 0 aliphatic rings. The molecule has 1 rings (SSSR count). The molecule has 0 aliphatic heterocycles. The smallest absolute Gasteiger partial charge is 0.102 e. The molecule has 1 aromatic carbocycles. The van der Waals surface area contributed by atoms with Crippen molar-refractivity contribution in [3.8, 4) is 24.0 Å². The predicted molar refractivity (Wildman–Crippen MR) is 90.0 cm³/mol. The molecule has 0 bridgehead atoms. The van der Waals surface area contributed by atoms with E-state index in [1.807, 2.05) is 6.07 Å². The molecular weight excluding hydrogens is 268 g/mol. The first-order chi connectivity index (χ1) is 10.8. The second-order valence-corrected chi connectivity index (χ2v) is 5.48. The fourth-order valence-corrected chi connectivity index (χ4v) is 2.38. The van der Waals surface area contributed by atoms with Crippen LogP contribution in [0.5, 0.6) is 0 Å². The first-order valence-corrected chi connectivity index (χ1v) is 8.25. The lowest BCUT2D eigenvalue weighted by atomic mass is 10.0. The Morgan fingerprint density at radius 3 is 2.09 bits per heavy atom. The van der Waals surface area contributed by atoms with E-state index in [0.717, 1.165) is 12.8 Å². The summed E-state index contributed by atoms with van der Waals surface area (Å²) in [5.74, 6) is 6.16. The highest BCUT2D eigenvalue weighted by Gasteiger charge is 2.04. The van der Waals surface area contributed by atoms with Gasteiger partial charge in [-0.2, -0.15) is 10.5 Å². The molecule has 1 aromatic rings. The zero-order valence-corrected chi connectivity index (χ0v) is 13.5. The maximum atomic E-state index is 9.12. The van der Waals surface area contributed by atoms with Gasteiger partial charge in [-0.1, -0.05) is 69.8 Å². The van der Waals surface area contributed by atoms with Crippen molar-refractivity contribution in [3.05, 3.63) is 34.9 Å². The van der Waals surface area contributed by atoms with Gasteiger partial charge in [0.1, 0.15) is 12.1 Å². The van der Waals surface area contributed by atoms with Gasteiger partial charge in [-0.05, 0) is 18.6 Å². The van der Waals surface area contributed by atoms with Gasteiger partial charge in [0.25, 0.3) is 0 Å². The van der Waals surface area contributed by atoms with E-state index in [9.17, 15) is 0 Å². The highest BCUT2D eigenvalue weighted by Crippen LogP contribution is 2.12. The molecule has 0 atom stereocenters. The maximum Gasteiger partial charge on any atom is 0.102 e. The molecular formula is C20H24N2. The monoisotopic (exact) mass is 292 g/mol. The Balaban J connectivity index is 2.31. The summed E-state index contributed by atoms with van der Waals surface area (Å²) >= 11 is 0. The first-order valence-electron chi connectivity index (χ1n) is 8.25. The standard InChI is InChI=1S/C20H24N2/c1-2-3-4-5-6-7-8-9-10-11-13-18-14-12-15-19(16-21)20(18)17-22/h12,14-15H,2-10H2,1H3. The van der Waals surface area contributed by atoms with Gasteiger partial charge >= 0.3 is 0 Å². The maximum absolute atomic E-state index is 9.12. The van der Waals surface area contributed by atoms with Gasteiger partial charge in [0.15, 0.2) is 0 Å². The average molecular weight is 292 g/mol. The van der Waals surface area contributed by atoms with Crippen LogP contribution in [-0.2, 0) is 0 Å². The number of rotatable bonds is 8. The third kappa shape index (κ3) is 6.47. The van der Waals surface area contributed by atoms with Gasteiger partial charge in [-0.15, -0.1) is 0 Å². The van der Waals surface area contributed by atoms with Crippen LogP contribution in [0.4, 0.5) is 0 Å². The highest BCUT2D eigenvalue weighted by atomic mass is 14.3. The number of benzene rings is 1. The van der Waals surface area contributed by atoms with E-state index >= 15 is 0 Å². The average Bonchev–Trinajstić information content (AvgIpc) is 2.56. The van der Waals surface area contributed by atoms with Crippen LogP contribution in [0.2, 0.25) is 0 Å². The van der Waals surface area contributed by atoms with Crippen molar-refractivity contribution in [1.82, 2.24) is 0 Å². The number of nitriles is 2. The lowest BCUT2D eigenvalue weighted by molar-refractivity contribution is 0.579. The van der Waals surface area contributed by atoms with E-state index < -0.39 is 0 Å². The van der Waals surface area contributed by atoms with Crippen molar-refractivity contribution in [2.24, 2.45) is 0 Å². The number of hydrogen-bond donors (Lipinski definition) is 0. The molecule has 0 aliphatic carbocycles. The minimum Gasteiger partial charge on any atom is -0.192 e. The van der Waals surface area contributed by atoms with Crippen LogP contribution < -0.4 is 0 Å². The molecule has 0 fully saturated rings.